The van der Waals surface area contributed by atoms with E-state index in [0.29, 0.717) is 35.0 Å². The quantitative estimate of drug-likeness (QED) is 0.719. The summed E-state index contributed by atoms with van der Waals surface area (Å²) < 4.78 is 11.1. The molecule has 124 valence electrons. The van der Waals surface area contributed by atoms with Crippen LogP contribution < -0.4 is 10.2 Å². The molecular weight excluding hydrogens is 317 g/mol. The molecule has 1 N–H and O–H groups in total. The van der Waals surface area contributed by atoms with Crippen molar-refractivity contribution in [3.05, 3.63) is 42.1 Å². The van der Waals surface area contributed by atoms with Gasteiger partial charge in [-0.05, 0) is 19.9 Å². The van der Waals surface area contributed by atoms with Crippen molar-refractivity contribution in [3.63, 3.8) is 0 Å². The van der Waals surface area contributed by atoms with E-state index >= 15 is 0 Å². The van der Waals surface area contributed by atoms with Crippen molar-refractivity contribution in [2.45, 2.75) is 32.0 Å². The van der Waals surface area contributed by atoms with E-state index in [1.807, 2.05) is 32.0 Å². The molecule has 3 heterocycles. The minimum atomic E-state index is -0.658. The monoisotopic (exact) mass is 333 g/mol. The van der Waals surface area contributed by atoms with Gasteiger partial charge in [-0.1, -0.05) is 34.9 Å². The largest absolute Gasteiger partial charge is 0.469 e. The lowest BCUT2D eigenvalue weighted by Gasteiger charge is -2.36. The van der Waals surface area contributed by atoms with Crippen LogP contribution in [0.5, 0.6) is 5.88 Å². The molecule has 2 radical (unpaired) electrons. The SMILES string of the molecule is [B]c1ccc(-c2noc(-c3cnc4c(c3)CC(O)C(C)(C)O4)n2)cc1. The zero-order valence-corrected chi connectivity index (χ0v) is 13.9. The highest BCUT2D eigenvalue weighted by Crippen LogP contribution is 2.34. The molecule has 4 rings (SSSR count). The molecule has 1 aliphatic rings. The first-order chi connectivity index (χ1) is 11.9. The van der Waals surface area contributed by atoms with Crippen LogP contribution in [0.25, 0.3) is 22.8 Å². The summed E-state index contributed by atoms with van der Waals surface area (Å²) in [5.74, 6) is 1.36. The highest BCUT2D eigenvalue weighted by atomic mass is 16.5. The van der Waals surface area contributed by atoms with E-state index in [1.54, 1.807) is 18.3 Å². The third kappa shape index (κ3) is 2.91. The Morgan fingerprint density at radius 2 is 1.96 bits per heavy atom. The normalized spacial score (nSPS) is 18.4. The van der Waals surface area contributed by atoms with Crippen molar-refractivity contribution >= 4 is 13.3 Å². The molecule has 0 fully saturated rings. The fourth-order valence-corrected chi connectivity index (χ4v) is 2.71. The van der Waals surface area contributed by atoms with Crippen molar-refractivity contribution in [1.29, 1.82) is 0 Å². The fourth-order valence-electron chi connectivity index (χ4n) is 2.71. The van der Waals surface area contributed by atoms with Gasteiger partial charge in [0.25, 0.3) is 5.89 Å². The van der Waals surface area contributed by atoms with E-state index in [-0.39, 0.29) is 0 Å². The summed E-state index contributed by atoms with van der Waals surface area (Å²) in [5.41, 5.74) is 2.33. The zero-order chi connectivity index (χ0) is 17.6. The molecule has 0 bridgehead atoms. The molecule has 1 unspecified atom stereocenters. The van der Waals surface area contributed by atoms with Crippen molar-refractivity contribution < 1.29 is 14.4 Å². The van der Waals surface area contributed by atoms with E-state index < -0.39 is 11.7 Å². The number of aliphatic hydroxyl groups excluding tert-OH is 1. The first-order valence-corrected chi connectivity index (χ1v) is 7.98. The Labute approximate surface area is 146 Å². The predicted molar refractivity (Wildman–Crippen MR) is 92.8 cm³/mol. The predicted octanol–water partition coefficient (Wildman–Crippen LogP) is 1.67. The molecule has 1 atom stereocenters. The van der Waals surface area contributed by atoms with Crippen LogP contribution in [0.4, 0.5) is 0 Å². The Bertz CT molecular complexity index is 922. The summed E-state index contributed by atoms with van der Waals surface area (Å²) in [6, 6.07) is 9.10. The summed E-state index contributed by atoms with van der Waals surface area (Å²) >= 11 is 0. The lowest BCUT2D eigenvalue weighted by Crippen LogP contribution is -2.46. The second-order valence-electron chi connectivity index (χ2n) is 6.66. The molecule has 6 nitrogen and oxygen atoms in total. The standard InChI is InChI=1S/C18H16BN3O3/c1-18(2)14(23)8-11-7-12(9-20-16(11)24-18)17-21-15(22-25-17)10-3-5-13(19)6-4-10/h3-7,9,14,23H,8H2,1-2H3. The first kappa shape index (κ1) is 15.8. The van der Waals surface area contributed by atoms with Crippen LogP contribution in [-0.2, 0) is 6.42 Å². The van der Waals surface area contributed by atoms with E-state index in [0.717, 1.165) is 11.1 Å². The number of aliphatic hydroxyl groups is 1. The van der Waals surface area contributed by atoms with Gasteiger partial charge in [-0.2, -0.15) is 4.98 Å². The third-order valence-corrected chi connectivity index (χ3v) is 4.34. The average Bonchev–Trinajstić information content (AvgIpc) is 3.06. The number of ether oxygens (including phenoxy) is 1. The van der Waals surface area contributed by atoms with Gasteiger partial charge in [0.05, 0.1) is 11.7 Å². The lowest BCUT2D eigenvalue weighted by atomic mass is 9.92. The minimum Gasteiger partial charge on any atom is -0.469 e. The van der Waals surface area contributed by atoms with Crippen molar-refractivity contribution in [2.75, 3.05) is 0 Å². The van der Waals surface area contributed by atoms with Crippen LogP contribution in [0.3, 0.4) is 0 Å². The summed E-state index contributed by atoms with van der Waals surface area (Å²) in [6.07, 6.45) is 1.49. The molecule has 1 aromatic carbocycles. The average molecular weight is 333 g/mol. The van der Waals surface area contributed by atoms with Crippen molar-refractivity contribution in [1.82, 2.24) is 15.1 Å². The molecule has 25 heavy (non-hydrogen) atoms. The maximum Gasteiger partial charge on any atom is 0.259 e. The first-order valence-electron chi connectivity index (χ1n) is 7.98. The van der Waals surface area contributed by atoms with Gasteiger partial charge in [0.1, 0.15) is 13.4 Å². The molecular formula is C18H16BN3O3. The summed E-state index contributed by atoms with van der Waals surface area (Å²) in [6.45, 7) is 3.68. The molecule has 7 heteroatoms. The molecule has 0 spiro atoms. The highest BCUT2D eigenvalue weighted by Gasteiger charge is 2.36. The van der Waals surface area contributed by atoms with Crippen LogP contribution in [0.15, 0.2) is 41.1 Å². The van der Waals surface area contributed by atoms with Crippen molar-refractivity contribution in [2.24, 2.45) is 0 Å². The third-order valence-electron chi connectivity index (χ3n) is 4.34. The number of aromatic nitrogens is 3. The van der Waals surface area contributed by atoms with Crippen molar-refractivity contribution in [3.8, 4) is 28.7 Å². The fraction of sp³-hybridized carbons (Fsp3) is 0.278. The van der Waals surface area contributed by atoms with Crippen LogP contribution >= 0.6 is 0 Å². The van der Waals surface area contributed by atoms with E-state index in [1.165, 1.54) is 0 Å². The maximum absolute atomic E-state index is 10.2. The Kier molecular flexibility index (Phi) is 3.61. The van der Waals surface area contributed by atoms with E-state index in [9.17, 15) is 5.11 Å². The number of hydrogen-bond donors (Lipinski definition) is 1. The Morgan fingerprint density at radius 1 is 1.20 bits per heavy atom. The second kappa shape index (κ2) is 5.70. The number of hydrogen-bond acceptors (Lipinski definition) is 6. The maximum atomic E-state index is 10.2. The molecule has 0 saturated carbocycles. The van der Waals surface area contributed by atoms with Gasteiger partial charge in [0, 0.05) is 23.7 Å². The van der Waals surface area contributed by atoms with E-state index in [4.69, 9.17) is 17.1 Å². The Balaban J connectivity index is 1.65. The van der Waals surface area contributed by atoms with Gasteiger partial charge in [0.15, 0.2) is 0 Å². The Morgan fingerprint density at radius 3 is 2.72 bits per heavy atom. The Hall–Kier alpha value is -2.67. The number of nitrogens with zero attached hydrogens (tertiary/aromatic N) is 3. The molecule has 3 aromatic rings. The number of benzene rings is 1. The van der Waals surface area contributed by atoms with Gasteiger partial charge in [-0.25, -0.2) is 4.98 Å². The van der Waals surface area contributed by atoms with E-state index in [2.05, 4.69) is 15.1 Å². The highest BCUT2D eigenvalue weighted by molar-refractivity contribution is 6.32. The van der Waals surface area contributed by atoms with Crippen LogP contribution in [0, 0.1) is 0 Å². The topological polar surface area (TPSA) is 81.3 Å². The number of fused-ring (bicyclic) bond motifs is 1. The molecule has 1 aliphatic heterocycles. The van der Waals surface area contributed by atoms with Crippen LogP contribution in [0.1, 0.15) is 19.4 Å². The van der Waals surface area contributed by atoms with Crippen LogP contribution in [-0.4, -0.2) is 39.8 Å². The van der Waals surface area contributed by atoms with Gasteiger partial charge in [-0.3, -0.25) is 0 Å². The van der Waals surface area contributed by atoms with Gasteiger partial charge < -0.3 is 14.4 Å². The summed E-state index contributed by atoms with van der Waals surface area (Å²) in [4.78, 5) is 8.76. The van der Waals surface area contributed by atoms with Crippen LogP contribution in [0.2, 0.25) is 0 Å². The number of rotatable bonds is 2. The van der Waals surface area contributed by atoms with Gasteiger partial charge in [0.2, 0.25) is 11.7 Å². The molecule has 0 saturated heterocycles. The summed E-state index contributed by atoms with van der Waals surface area (Å²) in [7, 11) is 5.69. The smallest absolute Gasteiger partial charge is 0.259 e. The zero-order valence-electron chi connectivity index (χ0n) is 13.9. The van der Waals surface area contributed by atoms with Gasteiger partial charge >= 0.3 is 0 Å². The molecule has 0 aliphatic carbocycles. The lowest BCUT2D eigenvalue weighted by molar-refractivity contribution is -0.0442. The summed E-state index contributed by atoms with van der Waals surface area (Å²) in [5, 5.41) is 14.2. The molecule has 2 aromatic heterocycles. The number of pyridine rings is 1. The minimum absolute atomic E-state index is 0.362. The second-order valence-corrected chi connectivity index (χ2v) is 6.66. The molecule has 0 amide bonds. The van der Waals surface area contributed by atoms with Gasteiger partial charge in [-0.15, -0.1) is 0 Å².